The van der Waals surface area contributed by atoms with Gasteiger partial charge in [0.15, 0.2) is 11.3 Å². The third-order valence-electron chi connectivity index (χ3n) is 12.6. The third-order valence-corrected chi connectivity index (χ3v) is 14.2. The Labute approximate surface area is 449 Å². The minimum absolute atomic E-state index is 0. The first kappa shape index (κ1) is 54.4. The maximum absolute atomic E-state index is 12.3. The number of hydrogen-bond acceptors (Lipinski definition) is 13. The second-order valence-corrected chi connectivity index (χ2v) is 19.4. The molecule has 2 aromatic carbocycles. The number of hydrogen-bond donors (Lipinski definition) is 4. The fourth-order valence-electron chi connectivity index (χ4n) is 9.11. The molecule has 11 rings (SSSR count). The van der Waals surface area contributed by atoms with E-state index in [0.717, 1.165) is 70.5 Å². The number of carbonyl (C=O) groups excluding carboxylic acids is 1. The van der Waals surface area contributed by atoms with Crippen LogP contribution in [0.5, 0.6) is 0 Å². The van der Waals surface area contributed by atoms with Gasteiger partial charge in [-0.05, 0) is 108 Å². The second kappa shape index (κ2) is 26.0. The largest absolute Gasteiger partial charge is 0.491 e. The number of furan rings is 2. The average Bonchev–Trinajstić information content (AvgIpc) is 4.28. The number of carboxylic acid groups (broad SMARTS) is 2. The van der Waals surface area contributed by atoms with E-state index in [1.807, 2.05) is 16.8 Å². The van der Waals surface area contributed by atoms with Gasteiger partial charge in [0.1, 0.15) is 16.0 Å². The van der Waals surface area contributed by atoms with Crippen molar-refractivity contribution >= 4 is 75.7 Å². The van der Waals surface area contributed by atoms with Crippen molar-refractivity contribution < 1.29 is 65.3 Å². The molecule has 2 aliphatic carbocycles. The molecule has 0 bridgehead atoms. The van der Waals surface area contributed by atoms with Crippen molar-refractivity contribution in [3.8, 4) is 33.4 Å². The molecule has 2 aliphatic rings. The Kier molecular flexibility index (Phi) is 19.4. The number of carboxylic acids is 2. The smallest absolute Gasteiger partial charge is 0.477 e. The summed E-state index contributed by atoms with van der Waals surface area (Å²) in [4.78, 5) is 43.4. The maximum atomic E-state index is 12.3. The van der Waals surface area contributed by atoms with Gasteiger partial charge >= 0.3 is 25.0 Å². The van der Waals surface area contributed by atoms with E-state index in [2.05, 4.69) is 95.7 Å². The van der Waals surface area contributed by atoms with Crippen LogP contribution in [0.3, 0.4) is 0 Å². The summed E-state index contributed by atoms with van der Waals surface area (Å²) in [6.07, 6.45) is 24.6. The summed E-state index contributed by atoms with van der Waals surface area (Å²) in [5, 5.41) is 45.3. The van der Waals surface area contributed by atoms with Gasteiger partial charge in [-0.15, -0.1) is 11.3 Å². The van der Waals surface area contributed by atoms with Crippen LogP contribution in [0.25, 0.3) is 44.7 Å². The van der Waals surface area contributed by atoms with Crippen molar-refractivity contribution in [2.24, 2.45) is 0 Å². The minimum atomic E-state index is -1.41. The zero-order valence-electron chi connectivity index (χ0n) is 39.6. The Morgan fingerprint density at radius 3 is 1.63 bits per heavy atom. The number of esters is 1. The van der Waals surface area contributed by atoms with Crippen molar-refractivity contribution in [2.45, 2.75) is 83.0 Å². The Bertz CT molecular complexity index is 3190. The third kappa shape index (κ3) is 13.2. The molecule has 0 saturated heterocycles. The maximum Gasteiger partial charge on any atom is 0.491 e. The number of rotatable bonds is 10. The first-order valence-electron chi connectivity index (χ1n) is 23.7. The Balaban J connectivity index is 0.000000163. The zero-order chi connectivity index (χ0) is 50.6. The molecule has 0 unspecified atom stereocenters. The van der Waals surface area contributed by atoms with Crippen LogP contribution in [-0.4, -0.2) is 81.1 Å². The van der Waals surface area contributed by atoms with E-state index in [4.69, 9.17) is 24.3 Å². The van der Waals surface area contributed by atoms with Crippen LogP contribution in [0.15, 0.2) is 137 Å². The number of ether oxygens (including phenoxy) is 1. The molecular weight excluding hydrogens is 1110 g/mol. The molecule has 2 fully saturated rings. The summed E-state index contributed by atoms with van der Waals surface area (Å²) in [6.45, 7) is 2.14. The SMILES string of the molecule is CCOC(=O)c1cnn2c(C3CCCCC3)c(-c3ccc(I)cc3)cnc12.O=C(O)c1cccs1.O=C(O)c1cnn2c(C3CCCCC3)c(-c3ccc(-c4ccoc4)cc3)cnc12.OB(O)c1ccoc1.[Cu]. The summed E-state index contributed by atoms with van der Waals surface area (Å²) >= 11 is 3.55. The molecule has 0 spiro atoms. The van der Waals surface area contributed by atoms with Crippen molar-refractivity contribution in [3.63, 3.8) is 0 Å². The molecule has 7 heterocycles. The van der Waals surface area contributed by atoms with Gasteiger partial charge in [-0.25, -0.2) is 33.4 Å². The van der Waals surface area contributed by atoms with Gasteiger partial charge in [0.05, 0.1) is 55.4 Å². The van der Waals surface area contributed by atoms with Crippen LogP contribution < -0.4 is 5.46 Å². The fourth-order valence-corrected chi connectivity index (χ4v) is 10.0. The summed E-state index contributed by atoms with van der Waals surface area (Å²) < 4.78 is 19.7. The van der Waals surface area contributed by atoms with Gasteiger partial charge in [-0.3, -0.25) is 0 Å². The molecule has 73 heavy (non-hydrogen) atoms. The molecule has 20 heteroatoms. The number of aromatic nitrogens is 6. The first-order chi connectivity index (χ1) is 35.0. The second-order valence-electron chi connectivity index (χ2n) is 17.2. The Morgan fingerprint density at radius 1 is 0.671 bits per heavy atom. The van der Waals surface area contributed by atoms with E-state index in [-0.39, 0.29) is 28.6 Å². The molecule has 0 atom stereocenters. The molecule has 0 amide bonds. The number of nitrogens with zero attached hydrogens (tertiary/aromatic N) is 6. The van der Waals surface area contributed by atoms with Crippen LogP contribution >= 0.6 is 33.9 Å². The molecular formula is C53H52BCuIN6O10S. The fraction of sp³-hybridized carbons (Fsp3) is 0.264. The molecule has 381 valence electrons. The van der Waals surface area contributed by atoms with Gasteiger partial charge in [0.25, 0.3) is 0 Å². The van der Waals surface area contributed by atoms with E-state index < -0.39 is 19.1 Å². The predicted octanol–water partition coefficient (Wildman–Crippen LogP) is 11.0. The first-order valence-corrected chi connectivity index (χ1v) is 25.7. The summed E-state index contributed by atoms with van der Waals surface area (Å²) in [5.41, 5.74) is 10.6. The van der Waals surface area contributed by atoms with Crippen molar-refractivity contribution in [2.75, 3.05) is 6.61 Å². The number of fused-ring (bicyclic) bond motifs is 2. The summed E-state index contributed by atoms with van der Waals surface area (Å²) in [6, 6.07) is 23.5. The van der Waals surface area contributed by atoms with E-state index in [1.165, 1.54) is 78.2 Å². The predicted molar refractivity (Wildman–Crippen MR) is 282 cm³/mol. The van der Waals surface area contributed by atoms with Crippen LogP contribution in [0.2, 0.25) is 0 Å². The van der Waals surface area contributed by atoms with E-state index in [1.54, 1.807) is 53.9 Å². The number of benzene rings is 2. The number of halogens is 1. The normalized spacial score (nSPS) is 13.6. The van der Waals surface area contributed by atoms with Crippen molar-refractivity contribution in [1.82, 2.24) is 29.2 Å². The summed E-state index contributed by atoms with van der Waals surface area (Å²) in [7, 11) is -1.41. The van der Waals surface area contributed by atoms with Gasteiger partial charge in [-0.1, -0.05) is 81.0 Å². The number of carbonyl (C=O) groups is 3. The molecule has 1 radical (unpaired) electrons. The Hall–Kier alpha value is -6.42. The van der Waals surface area contributed by atoms with E-state index in [0.29, 0.717) is 45.6 Å². The van der Waals surface area contributed by atoms with E-state index in [9.17, 15) is 19.5 Å². The Morgan fingerprint density at radius 2 is 1.19 bits per heavy atom. The van der Waals surface area contributed by atoms with Gasteiger partial charge in [-0.2, -0.15) is 10.2 Å². The summed E-state index contributed by atoms with van der Waals surface area (Å²) in [5.74, 6) is -1.44. The van der Waals surface area contributed by atoms with E-state index >= 15 is 0 Å². The van der Waals surface area contributed by atoms with Crippen molar-refractivity contribution in [1.29, 1.82) is 0 Å². The average molecular weight is 1170 g/mol. The molecule has 9 aromatic rings. The van der Waals surface area contributed by atoms with Gasteiger partial charge in [0, 0.05) is 67.0 Å². The van der Waals surface area contributed by atoms with Crippen molar-refractivity contribution in [3.05, 3.63) is 159 Å². The quantitative estimate of drug-likeness (QED) is 0.0567. The van der Waals surface area contributed by atoms with Gasteiger partial charge in [0.2, 0.25) is 0 Å². The molecule has 7 aromatic heterocycles. The monoisotopic (exact) mass is 1170 g/mol. The molecule has 0 aliphatic heterocycles. The topological polar surface area (TPSA) is 228 Å². The molecule has 16 nitrogen and oxygen atoms in total. The standard InChI is InChI=1S/C23H21N3O3.C21H22IN3O2.C5H4O2S.C4H5BO3.Cu/c27-23(28)20-13-25-26-21(17-4-2-1-3-5-17)19(12-24-22(20)26)16-8-6-15(7-9-16)18-10-11-29-14-18;1-2-27-21(26)18-13-24-25-19(15-6-4-3-5-7-15)17(12-23-20(18)25)14-8-10-16(22)11-9-14;6-5(7)4-2-1-3-8-4;6-5(7)4-1-2-8-3-4;/h6-14,17H,1-5H2,(H,27,28);8-13,15H,2-7H2,1H3;1-3H,(H,6,7);1-3,6-7H;. The molecule has 4 N–H and O–H groups in total. The van der Waals surface area contributed by atoms with Crippen LogP contribution in [0.4, 0.5) is 0 Å². The van der Waals surface area contributed by atoms with Crippen LogP contribution in [0, 0.1) is 3.57 Å². The van der Waals surface area contributed by atoms with Gasteiger partial charge < -0.3 is 33.8 Å². The van der Waals surface area contributed by atoms with Crippen LogP contribution in [-0.2, 0) is 21.8 Å². The minimum Gasteiger partial charge on any atom is -0.477 e. The zero-order valence-corrected chi connectivity index (χ0v) is 43.6. The number of thiophene rings is 1. The number of aromatic carboxylic acids is 2. The van der Waals surface area contributed by atoms with Crippen LogP contribution in [0.1, 0.15) is 125 Å². The molecule has 2 saturated carbocycles.